The molecule has 6 nitrogen and oxygen atoms in total. The van der Waals surface area contributed by atoms with Crippen LogP contribution in [0.4, 0.5) is 0 Å². The standard InChI is InChI=1S/C24H22N2O4S2/c1-29-16-10-8-15(9-11-16)19(27)14-31-24-25-22-21(18-6-2-3-7-20(18)32-22)23(28)26(24)13-17-5-4-12-30-17/h4-5,8-12H,2-3,6-7,13-14H2,1H3. The van der Waals surface area contributed by atoms with Gasteiger partial charge in [0.15, 0.2) is 10.9 Å². The van der Waals surface area contributed by atoms with Gasteiger partial charge in [-0.15, -0.1) is 11.3 Å². The number of thioether (sulfide) groups is 1. The molecule has 3 aromatic heterocycles. The molecular formula is C24H22N2O4S2. The van der Waals surface area contributed by atoms with Crippen molar-refractivity contribution < 1.29 is 13.9 Å². The van der Waals surface area contributed by atoms with Gasteiger partial charge in [0.05, 0.1) is 31.1 Å². The van der Waals surface area contributed by atoms with E-state index in [1.54, 1.807) is 59.6 Å². The van der Waals surface area contributed by atoms with Gasteiger partial charge in [0.1, 0.15) is 16.3 Å². The predicted octanol–water partition coefficient (Wildman–Crippen LogP) is 4.96. The van der Waals surface area contributed by atoms with Crippen LogP contribution in [0.1, 0.15) is 39.4 Å². The van der Waals surface area contributed by atoms with Gasteiger partial charge in [-0.05, 0) is 67.6 Å². The second-order valence-electron chi connectivity index (χ2n) is 7.70. The summed E-state index contributed by atoms with van der Waals surface area (Å²) in [4.78, 5) is 33.2. The van der Waals surface area contributed by atoms with Crippen molar-refractivity contribution in [3.05, 3.63) is 74.8 Å². The van der Waals surface area contributed by atoms with Crippen LogP contribution in [0.5, 0.6) is 5.75 Å². The Kier molecular flexibility index (Phi) is 5.89. The Morgan fingerprint density at radius 3 is 2.78 bits per heavy atom. The first-order valence-electron chi connectivity index (χ1n) is 10.5. The number of nitrogens with zero attached hydrogens (tertiary/aromatic N) is 2. The fraction of sp³-hybridized carbons (Fsp3) is 0.292. The van der Waals surface area contributed by atoms with E-state index in [-0.39, 0.29) is 17.1 Å². The summed E-state index contributed by atoms with van der Waals surface area (Å²) in [5.74, 6) is 1.55. The fourth-order valence-electron chi connectivity index (χ4n) is 4.02. The number of aromatic nitrogens is 2. The van der Waals surface area contributed by atoms with Gasteiger partial charge in [0.25, 0.3) is 5.56 Å². The van der Waals surface area contributed by atoms with Crippen LogP contribution in [-0.2, 0) is 19.4 Å². The van der Waals surface area contributed by atoms with Gasteiger partial charge in [-0.2, -0.15) is 0 Å². The number of furan rings is 1. The zero-order valence-corrected chi connectivity index (χ0v) is 19.3. The van der Waals surface area contributed by atoms with Crippen molar-refractivity contribution in [3.63, 3.8) is 0 Å². The SMILES string of the molecule is COc1ccc(C(=O)CSc2nc3sc4c(c3c(=O)n2Cc2ccco2)CCCC4)cc1. The molecule has 0 aliphatic heterocycles. The molecule has 0 bridgehead atoms. The Labute approximate surface area is 193 Å². The van der Waals surface area contributed by atoms with Crippen LogP contribution in [0.15, 0.2) is 57.0 Å². The third kappa shape index (κ3) is 4.00. The molecule has 0 N–H and O–H groups in total. The van der Waals surface area contributed by atoms with E-state index in [9.17, 15) is 9.59 Å². The number of rotatable bonds is 7. The number of thiophene rings is 1. The summed E-state index contributed by atoms with van der Waals surface area (Å²) in [7, 11) is 1.59. The number of Topliss-reactive ketones (excluding diaryl/α,β-unsaturated/α-hetero) is 1. The number of methoxy groups -OCH3 is 1. The largest absolute Gasteiger partial charge is 0.497 e. The molecule has 0 saturated carbocycles. The van der Waals surface area contributed by atoms with Gasteiger partial charge in [-0.3, -0.25) is 14.2 Å². The maximum absolute atomic E-state index is 13.6. The Bertz CT molecular complexity index is 1320. The molecule has 1 aliphatic rings. The van der Waals surface area contributed by atoms with Crippen LogP contribution < -0.4 is 10.3 Å². The lowest BCUT2D eigenvalue weighted by Gasteiger charge is -2.12. The van der Waals surface area contributed by atoms with Crippen LogP contribution in [0.3, 0.4) is 0 Å². The summed E-state index contributed by atoms with van der Waals surface area (Å²) in [6.45, 7) is 0.290. The zero-order valence-electron chi connectivity index (χ0n) is 17.6. The van der Waals surface area contributed by atoms with Crippen molar-refractivity contribution in [2.24, 2.45) is 0 Å². The molecule has 0 unspecified atom stereocenters. The fourth-order valence-corrected chi connectivity index (χ4v) is 6.21. The summed E-state index contributed by atoms with van der Waals surface area (Å²) < 4.78 is 12.3. The van der Waals surface area contributed by atoms with Crippen molar-refractivity contribution in [3.8, 4) is 5.75 Å². The number of hydrogen-bond donors (Lipinski definition) is 0. The summed E-state index contributed by atoms with van der Waals surface area (Å²) in [6.07, 6.45) is 5.78. The molecule has 5 rings (SSSR count). The highest BCUT2D eigenvalue weighted by Gasteiger charge is 2.23. The Balaban J connectivity index is 1.50. The third-order valence-corrected chi connectivity index (χ3v) is 7.84. The number of carbonyl (C=O) groups excluding carboxylic acids is 1. The first-order valence-corrected chi connectivity index (χ1v) is 12.3. The minimum atomic E-state index is -0.0507. The summed E-state index contributed by atoms with van der Waals surface area (Å²) in [6, 6.07) is 10.7. The van der Waals surface area contributed by atoms with Gasteiger partial charge in [-0.25, -0.2) is 4.98 Å². The lowest BCUT2D eigenvalue weighted by molar-refractivity contribution is 0.102. The first-order chi connectivity index (χ1) is 15.6. The molecule has 0 amide bonds. The van der Waals surface area contributed by atoms with E-state index in [1.807, 2.05) is 6.07 Å². The van der Waals surface area contributed by atoms with Crippen molar-refractivity contribution in [1.82, 2.24) is 9.55 Å². The molecule has 0 radical (unpaired) electrons. The number of carbonyl (C=O) groups is 1. The van der Waals surface area contributed by atoms with E-state index in [0.29, 0.717) is 28.8 Å². The van der Waals surface area contributed by atoms with Gasteiger partial charge >= 0.3 is 0 Å². The molecule has 0 fully saturated rings. The van der Waals surface area contributed by atoms with Gasteiger partial charge in [0, 0.05) is 10.4 Å². The molecule has 4 aromatic rings. The number of benzene rings is 1. The van der Waals surface area contributed by atoms with Crippen LogP contribution in [0, 0.1) is 0 Å². The van der Waals surface area contributed by atoms with Crippen LogP contribution >= 0.6 is 23.1 Å². The molecule has 32 heavy (non-hydrogen) atoms. The average Bonchev–Trinajstić information content (AvgIpc) is 3.47. The van der Waals surface area contributed by atoms with E-state index in [1.165, 1.54) is 16.6 Å². The topological polar surface area (TPSA) is 74.3 Å². The number of ether oxygens (including phenoxy) is 1. The zero-order chi connectivity index (χ0) is 22.1. The van der Waals surface area contributed by atoms with Crippen molar-refractivity contribution in [2.45, 2.75) is 37.4 Å². The molecule has 1 aliphatic carbocycles. The molecule has 0 spiro atoms. The second kappa shape index (κ2) is 8.96. The molecule has 8 heteroatoms. The minimum Gasteiger partial charge on any atom is -0.497 e. The highest BCUT2D eigenvalue weighted by atomic mass is 32.2. The molecule has 164 valence electrons. The summed E-state index contributed by atoms with van der Waals surface area (Å²) in [5, 5.41) is 1.28. The van der Waals surface area contributed by atoms with E-state index >= 15 is 0 Å². The normalized spacial score (nSPS) is 13.3. The number of ketones is 1. The Morgan fingerprint density at radius 2 is 2.03 bits per heavy atom. The van der Waals surface area contributed by atoms with Crippen molar-refractivity contribution in [2.75, 3.05) is 12.9 Å². The lowest BCUT2D eigenvalue weighted by Crippen LogP contribution is -2.24. The highest BCUT2D eigenvalue weighted by molar-refractivity contribution is 7.99. The first kappa shape index (κ1) is 21.0. The summed E-state index contributed by atoms with van der Waals surface area (Å²) >= 11 is 2.91. The molecule has 3 heterocycles. The van der Waals surface area contributed by atoms with E-state index in [2.05, 4.69) is 0 Å². The molecule has 0 saturated heterocycles. The Morgan fingerprint density at radius 1 is 1.22 bits per heavy atom. The lowest BCUT2D eigenvalue weighted by atomic mass is 9.97. The quantitative estimate of drug-likeness (QED) is 0.218. The molecule has 0 atom stereocenters. The third-order valence-electron chi connectivity index (χ3n) is 5.68. The Hall–Kier alpha value is -2.84. The van der Waals surface area contributed by atoms with E-state index in [4.69, 9.17) is 14.1 Å². The van der Waals surface area contributed by atoms with Crippen LogP contribution in [0.25, 0.3) is 10.2 Å². The summed E-state index contributed by atoms with van der Waals surface area (Å²) in [5.41, 5.74) is 1.71. The van der Waals surface area contributed by atoms with Gasteiger partial charge in [0.2, 0.25) is 0 Å². The number of hydrogen-bond acceptors (Lipinski definition) is 7. The highest BCUT2D eigenvalue weighted by Crippen LogP contribution is 2.35. The molecule has 1 aromatic carbocycles. The smallest absolute Gasteiger partial charge is 0.263 e. The maximum Gasteiger partial charge on any atom is 0.263 e. The van der Waals surface area contributed by atoms with E-state index in [0.717, 1.165) is 41.5 Å². The van der Waals surface area contributed by atoms with Crippen LogP contribution in [0.2, 0.25) is 0 Å². The monoisotopic (exact) mass is 466 g/mol. The van der Waals surface area contributed by atoms with Crippen molar-refractivity contribution >= 4 is 39.1 Å². The van der Waals surface area contributed by atoms with Gasteiger partial charge in [-0.1, -0.05) is 11.8 Å². The number of fused-ring (bicyclic) bond motifs is 3. The second-order valence-corrected chi connectivity index (χ2v) is 9.72. The van der Waals surface area contributed by atoms with E-state index < -0.39 is 0 Å². The maximum atomic E-state index is 13.6. The van der Waals surface area contributed by atoms with Crippen LogP contribution in [-0.4, -0.2) is 28.2 Å². The van der Waals surface area contributed by atoms with Crippen molar-refractivity contribution in [1.29, 1.82) is 0 Å². The number of aryl methyl sites for hydroxylation is 2. The minimum absolute atomic E-state index is 0.0259. The predicted molar refractivity (Wildman–Crippen MR) is 126 cm³/mol. The van der Waals surface area contributed by atoms with Gasteiger partial charge < -0.3 is 9.15 Å². The average molecular weight is 467 g/mol. The molecular weight excluding hydrogens is 444 g/mol.